The second kappa shape index (κ2) is 9.04. The van der Waals surface area contributed by atoms with Crippen LogP contribution in [0.1, 0.15) is 16.7 Å². The standard InChI is InChI=1S/C20H14BrF4N3O/c21-16-9-13(5-7-18(16)29-12-14-3-1-2-4-17(14)22)10-27-28-19-8-6-15(11-26-19)20(23,24)25/h1-11H,12H2,(H,26,28)/b27-10-. The average Bonchev–Trinajstić information content (AvgIpc) is 2.68. The Morgan fingerprint density at radius 3 is 2.55 bits per heavy atom. The Bertz CT molecular complexity index is 1010. The van der Waals surface area contributed by atoms with Crippen LogP contribution in [0.5, 0.6) is 5.75 Å². The highest BCUT2D eigenvalue weighted by Gasteiger charge is 2.30. The Balaban J connectivity index is 1.59. The predicted molar refractivity (Wildman–Crippen MR) is 105 cm³/mol. The summed E-state index contributed by atoms with van der Waals surface area (Å²) >= 11 is 3.38. The van der Waals surface area contributed by atoms with Crippen LogP contribution in [0, 0.1) is 5.82 Å². The number of hydrogen-bond acceptors (Lipinski definition) is 4. The SMILES string of the molecule is Fc1ccccc1COc1ccc(/C=N\Nc2ccc(C(F)(F)F)cn2)cc1Br. The second-order valence-corrected chi connectivity index (χ2v) is 6.72. The summed E-state index contributed by atoms with van der Waals surface area (Å²) in [6.07, 6.45) is -2.22. The van der Waals surface area contributed by atoms with Crippen LogP contribution in [0.4, 0.5) is 23.4 Å². The first-order chi connectivity index (χ1) is 13.8. The Hall–Kier alpha value is -2.94. The number of ether oxygens (including phenoxy) is 1. The molecule has 3 rings (SSSR count). The molecular weight excluding hydrogens is 454 g/mol. The number of benzene rings is 2. The summed E-state index contributed by atoms with van der Waals surface area (Å²) in [5.41, 5.74) is 2.88. The smallest absolute Gasteiger partial charge is 0.417 e. The Morgan fingerprint density at radius 1 is 1.10 bits per heavy atom. The van der Waals surface area contributed by atoms with Crippen LogP contribution in [0.25, 0.3) is 0 Å². The molecule has 0 atom stereocenters. The van der Waals surface area contributed by atoms with Gasteiger partial charge in [-0.1, -0.05) is 18.2 Å². The van der Waals surface area contributed by atoms with Crippen molar-refractivity contribution in [2.75, 3.05) is 5.43 Å². The van der Waals surface area contributed by atoms with E-state index in [1.807, 2.05) is 0 Å². The fourth-order valence-electron chi connectivity index (χ4n) is 2.29. The van der Waals surface area contributed by atoms with E-state index in [1.165, 1.54) is 18.3 Å². The van der Waals surface area contributed by atoms with Crippen molar-refractivity contribution >= 4 is 28.0 Å². The van der Waals surface area contributed by atoms with Crippen LogP contribution in [0.3, 0.4) is 0 Å². The largest absolute Gasteiger partial charge is 0.488 e. The fourth-order valence-corrected chi connectivity index (χ4v) is 2.80. The molecule has 3 aromatic rings. The van der Waals surface area contributed by atoms with E-state index in [9.17, 15) is 17.6 Å². The molecule has 1 heterocycles. The van der Waals surface area contributed by atoms with Gasteiger partial charge in [-0.25, -0.2) is 9.37 Å². The Kier molecular flexibility index (Phi) is 6.48. The number of nitrogens with one attached hydrogen (secondary N) is 1. The van der Waals surface area contributed by atoms with Crippen LogP contribution < -0.4 is 10.2 Å². The average molecular weight is 468 g/mol. The van der Waals surface area contributed by atoms with Crippen molar-refractivity contribution in [3.8, 4) is 5.75 Å². The normalized spacial score (nSPS) is 11.6. The van der Waals surface area contributed by atoms with Crippen molar-refractivity contribution in [3.63, 3.8) is 0 Å². The van der Waals surface area contributed by atoms with Crippen LogP contribution in [0.2, 0.25) is 0 Å². The lowest BCUT2D eigenvalue weighted by atomic mass is 10.2. The first-order valence-corrected chi connectivity index (χ1v) is 9.10. The molecule has 0 aliphatic rings. The number of halogens is 5. The summed E-state index contributed by atoms with van der Waals surface area (Å²) in [6, 6.07) is 13.6. The molecule has 1 aromatic heterocycles. The summed E-state index contributed by atoms with van der Waals surface area (Å²) in [5, 5.41) is 3.95. The van der Waals surface area contributed by atoms with E-state index < -0.39 is 11.7 Å². The molecule has 0 aliphatic heterocycles. The monoisotopic (exact) mass is 467 g/mol. The van der Waals surface area contributed by atoms with Crippen LogP contribution >= 0.6 is 15.9 Å². The van der Waals surface area contributed by atoms with E-state index in [0.29, 0.717) is 21.3 Å². The molecule has 29 heavy (non-hydrogen) atoms. The highest BCUT2D eigenvalue weighted by Crippen LogP contribution is 2.29. The zero-order valence-electron chi connectivity index (χ0n) is 14.8. The Morgan fingerprint density at radius 2 is 1.90 bits per heavy atom. The van der Waals surface area contributed by atoms with E-state index in [4.69, 9.17) is 4.74 Å². The number of hydrogen-bond donors (Lipinski definition) is 1. The molecule has 0 spiro atoms. The number of nitrogens with zero attached hydrogens (tertiary/aromatic N) is 2. The molecule has 0 radical (unpaired) electrons. The molecule has 0 saturated carbocycles. The van der Waals surface area contributed by atoms with Crippen molar-refractivity contribution in [1.29, 1.82) is 0 Å². The molecule has 0 amide bonds. The Labute approximate surface area is 172 Å². The zero-order chi connectivity index (χ0) is 20.9. The molecular formula is C20H14BrF4N3O. The number of pyridine rings is 1. The highest BCUT2D eigenvalue weighted by molar-refractivity contribution is 9.10. The topological polar surface area (TPSA) is 46.5 Å². The van der Waals surface area contributed by atoms with Gasteiger partial charge in [0.2, 0.25) is 0 Å². The van der Waals surface area contributed by atoms with Gasteiger partial charge in [-0.2, -0.15) is 18.3 Å². The maximum Gasteiger partial charge on any atom is 0.417 e. The molecule has 0 bridgehead atoms. The van der Waals surface area contributed by atoms with Crippen molar-refractivity contribution in [2.45, 2.75) is 12.8 Å². The molecule has 0 fully saturated rings. The summed E-state index contributed by atoms with van der Waals surface area (Å²) in [6.45, 7) is 0.0832. The van der Waals surface area contributed by atoms with E-state index in [0.717, 1.165) is 12.3 Å². The van der Waals surface area contributed by atoms with E-state index in [1.54, 1.807) is 36.4 Å². The first-order valence-electron chi connectivity index (χ1n) is 8.31. The van der Waals surface area contributed by atoms with E-state index in [2.05, 4.69) is 31.4 Å². The zero-order valence-corrected chi connectivity index (χ0v) is 16.3. The predicted octanol–water partition coefficient (Wildman–Crippen LogP) is 6.03. The van der Waals surface area contributed by atoms with Gasteiger partial charge in [0, 0.05) is 11.8 Å². The number of hydrazone groups is 1. The molecule has 0 aliphatic carbocycles. The first kappa shape index (κ1) is 20.8. The van der Waals surface area contributed by atoms with E-state index in [-0.39, 0.29) is 18.2 Å². The number of anilines is 1. The number of rotatable bonds is 6. The van der Waals surface area contributed by atoms with Crippen LogP contribution in [-0.2, 0) is 12.8 Å². The summed E-state index contributed by atoms with van der Waals surface area (Å²) in [5.74, 6) is 0.372. The van der Waals surface area contributed by atoms with Gasteiger partial charge in [0.1, 0.15) is 24.0 Å². The van der Waals surface area contributed by atoms with Crippen LogP contribution in [-0.4, -0.2) is 11.2 Å². The van der Waals surface area contributed by atoms with Gasteiger partial charge in [0.05, 0.1) is 16.3 Å². The minimum Gasteiger partial charge on any atom is -0.488 e. The third kappa shape index (κ3) is 5.77. The van der Waals surface area contributed by atoms with Crippen molar-refractivity contribution < 1.29 is 22.3 Å². The quantitative estimate of drug-likeness (QED) is 0.273. The number of aromatic nitrogens is 1. The molecule has 9 heteroatoms. The molecule has 0 unspecified atom stereocenters. The maximum atomic E-state index is 13.6. The summed E-state index contributed by atoms with van der Waals surface area (Å²) < 4.78 is 57.4. The fraction of sp³-hybridized carbons (Fsp3) is 0.100. The lowest BCUT2D eigenvalue weighted by molar-refractivity contribution is -0.137. The van der Waals surface area contributed by atoms with Gasteiger partial charge < -0.3 is 4.74 Å². The second-order valence-electron chi connectivity index (χ2n) is 5.87. The molecule has 4 nitrogen and oxygen atoms in total. The number of alkyl halides is 3. The molecule has 1 N–H and O–H groups in total. The molecule has 150 valence electrons. The third-order valence-electron chi connectivity index (χ3n) is 3.78. The van der Waals surface area contributed by atoms with Crippen molar-refractivity contribution in [3.05, 3.63) is 87.8 Å². The van der Waals surface area contributed by atoms with Gasteiger partial charge in [-0.15, -0.1) is 0 Å². The highest BCUT2D eigenvalue weighted by atomic mass is 79.9. The van der Waals surface area contributed by atoms with Gasteiger partial charge >= 0.3 is 6.18 Å². The minimum absolute atomic E-state index is 0.0832. The van der Waals surface area contributed by atoms with Gasteiger partial charge in [0.25, 0.3) is 0 Å². The summed E-state index contributed by atoms with van der Waals surface area (Å²) in [4.78, 5) is 3.66. The van der Waals surface area contributed by atoms with Gasteiger partial charge in [-0.3, -0.25) is 5.43 Å². The summed E-state index contributed by atoms with van der Waals surface area (Å²) in [7, 11) is 0. The van der Waals surface area contributed by atoms with Gasteiger partial charge in [0.15, 0.2) is 0 Å². The van der Waals surface area contributed by atoms with Crippen molar-refractivity contribution in [1.82, 2.24) is 4.98 Å². The third-order valence-corrected chi connectivity index (χ3v) is 4.40. The molecule has 2 aromatic carbocycles. The lowest BCUT2D eigenvalue weighted by Gasteiger charge is -2.09. The minimum atomic E-state index is -4.43. The lowest BCUT2D eigenvalue weighted by Crippen LogP contribution is -2.05. The van der Waals surface area contributed by atoms with Crippen molar-refractivity contribution in [2.24, 2.45) is 5.10 Å². The maximum absolute atomic E-state index is 13.6. The van der Waals surface area contributed by atoms with E-state index >= 15 is 0 Å². The molecule has 0 saturated heterocycles. The van der Waals surface area contributed by atoms with Crippen LogP contribution in [0.15, 0.2) is 70.4 Å². The van der Waals surface area contributed by atoms with Gasteiger partial charge in [-0.05, 0) is 57.9 Å².